The fourth-order valence-corrected chi connectivity index (χ4v) is 3.21. The average molecular weight is 223 g/mol. The van der Waals surface area contributed by atoms with Gasteiger partial charge in [-0.05, 0) is 49.3 Å². The van der Waals surface area contributed by atoms with E-state index in [2.05, 4.69) is 35.8 Å². The molecule has 3 heteroatoms. The van der Waals surface area contributed by atoms with E-state index >= 15 is 0 Å². The number of carbonyl (C=O) groups is 1. The second-order valence-electron chi connectivity index (χ2n) is 4.48. The van der Waals surface area contributed by atoms with Crippen LogP contribution < -0.4 is 0 Å². The average Bonchev–Trinajstić information content (AvgIpc) is 2.72. The van der Waals surface area contributed by atoms with Gasteiger partial charge in [0, 0.05) is 18.4 Å². The smallest absolute Gasteiger partial charge is 0.133 e. The molecule has 0 amide bonds. The van der Waals surface area contributed by atoms with Gasteiger partial charge in [0.25, 0.3) is 0 Å². The van der Waals surface area contributed by atoms with Crippen molar-refractivity contribution in [3.8, 4) is 0 Å². The SMILES string of the molecule is CN(C)C1(c2ccsc2)CCC(=O)CC1. The van der Waals surface area contributed by atoms with Crippen LogP contribution in [0.1, 0.15) is 31.2 Å². The molecule has 1 aromatic heterocycles. The molecule has 2 rings (SSSR count). The van der Waals surface area contributed by atoms with Gasteiger partial charge < -0.3 is 0 Å². The van der Waals surface area contributed by atoms with Crippen LogP contribution in [0.3, 0.4) is 0 Å². The van der Waals surface area contributed by atoms with Crippen LogP contribution in [0.5, 0.6) is 0 Å². The molecular weight excluding hydrogens is 206 g/mol. The van der Waals surface area contributed by atoms with Crippen molar-refractivity contribution in [1.29, 1.82) is 0 Å². The molecule has 1 heterocycles. The van der Waals surface area contributed by atoms with Crippen LogP contribution in [0.2, 0.25) is 0 Å². The standard InChI is InChI=1S/C12H17NOS/c1-13(2)12(10-5-8-15-9-10)6-3-11(14)4-7-12/h5,8-9H,3-4,6-7H2,1-2H3. The predicted octanol–water partition coefficient (Wildman–Crippen LogP) is 2.65. The Labute approximate surface area is 94.9 Å². The molecule has 1 aromatic rings. The van der Waals surface area contributed by atoms with Crippen LogP contribution in [-0.4, -0.2) is 24.8 Å². The normalized spacial score (nSPS) is 20.9. The van der Waals surface area contributed by atoms with Gasteiger partial charge >= 0.3 is 0 Å². The van der Waals surface area contributed by atoms with E-state index in [1.807, 2.05) is 0 Å². The molecule has 1 fully saturated rings. The van der Waals surface area contributed by atoms with Gasteiger partial charge in [0.15, 0.2) is 0 Å². The summed E-state index contributed by atoms with van der Waals surface area (Å²) in [5.41, 5.74) is 1.48. The van der Waals surface area contributed by atoms with Crippen LogP contribution in [0.15, 0.2) is 16.8 Å². The van der Waals surface area contributed by atoms with Crippen LogP contribution in [0.25, 0.3) is 0 Å². The number of ketones is 1. The van der Waals surface area contributed by atoms with E-state index in [0.717, 1.165) is 25.7 Å². The van der Waals surface area contributed by atoms with Crippen molar-refractivity contribution in [2.24, 2.45) is 0 Å². The largest absolute Gasteiger partial charge is 0.300 e. The summed E-state index contributed by atoms with van der Waals surface area (Å²) in [7, 11) is 4.24. The number of hydrogen-bond acceptors (Lipinski definition) is 3. The summed E-state index contributed by atoms with van der Waals surface area (Å²) in [4.78, 5) is 13.6. The lowest BCUT2D eigenvalue weighted by Crippen LogP contribution is -2.44. The van der Waals surface area contributed by atoms with Crippen LogP contribution in [0, 0.1) is 0 Å². The fourth-order valence-electron chi connectivity index (χ4n) is 2.47. The molecule has 0 aliphatic heterocycles. The van der Waals surface area contributed by atoms with Crippen LogP contribution >= 0.6 is 11.3 Å². The first-order valence-corrected chi connectivity index (χ1v) is 6.31. The van der Waals surface area contributed by atoms with Gasteiger partial charge in [0.1, 0.15) is 5.78 Å². The molecule has 0 atom stereocenters. The molecule has 2 nitrogen and oxygen atoms in total. The van der Waals surface area contributed by atoms with Gasteiger partial charge in [-0.15, -0.1) is 0 Å². The number of hydrogen-bond donors (Lipinski definition) is 0. The molecule has 82 valence electrons. The Balaban J connectivity index is 2.30. The van der Waals surface area contributed by atoms with E-state index in [9.17, 15) is 4.79 Å². The fraction of sp³-hybridized carbons (Fsp3) is 0.583. The van der Waals surface area contributed by atoms with Crippen LogP contribution in [-0.2, 0) is 10.3 Å². The molecule has 0 N–H and O–H groups in total. The highest BCUT2D eigenvalue weighted by molar-refractivity contribution is 7.08. The molecule has 0 saturated heterocycles. The molecule has 0 aromatic carbocycles. The van der Waals surface area contributed by atoms with E-state index in [1.165, 1.54) is 5.56 Å². The zero-order valence-corrected chi connectivity index (χ0v) is 10.1. The summed E-state index contributed by atoms with van der Waals surface area (Å²) in [6.07, 6.45) is 3.40. The summed E-state index contributed by atoms with van der Waals surface area (Å²) >= 11 is 1.74. The Morgan fingerprint density at radius 1 is 1.33 bits per heavy atom. The number of thiophene rings is 1. The lowest BCUT2D eigenvalue weighted by Gasteiger charge is -2.42. The summed E-state index contributed by atoms with van der Waals surface area (Å²) < 4.78 is 0. The van der Waals surface area contributed by atoms with E-state index in [4.69, 9.17) is 0 Å². The van der Waals surface area contributed by atoms with E-state index in [0.29, 0.717) is 5.78 Å². The third-order valence-electron chi connectivity index (χ3n) is 3.55. The van der Waals surface area contributed by atoms with Crippen molar-refractivity contribution in [2.75, 3.05) is 14.1 Å². The lowest BCUT2D eigenvalue weighted by molar-refractivity contribution is -0.122. The van der Waals surface area contributed by atoms with Gasteiger partial charge in [-0.3, -0.25) is 9.69 Å². The zero-order chi connectivity index (χ0) is 10.9. The lowest BCUT2D eigenvalue weighted by atomic mass is 9.76. The molecule has 0 bridgehead atoms. The third kappa shape index (κ3) is 1.86. The maximum Gasteiger partial charge on any atom is 0.133 e. The van der Waals surface area contributed by atoms with Crippen LogP contribution in [0.4, 0.5) is 0 Å². The Bertz CT molecular complexity index is 333. The summed E-state index contributed by atoms with van der Waals surface area (Å²) in [6, 6.07) is 2.19. The van der Waals surface area contributed by atoms with Gasteiger partial charge in [-0.25, -0.2) is 0 Å². The molecule has 15 heavy (non-hydrogen) atoms. The summed E-state index contributed by atoms with van der Waals surface area (Å²) in [6.45, 7) is 0. The minimum atomic E-state index is 0.105. The van der Waals surface area contributed by atoms with Crippen molar-refractivity contribution < 1.29 is 4.79 Å². The molecular formula is C12H17NOS. The van der Waals surface area contributed by atoms with Gasteiger partial charge in [-0.2, -0.15) is 11.3 Å². The maximum absolute atomic E-state index is 11.3. The highest BCUT2D eigenvalue weighted by Gasteiger charge is 2.38. The van der Waals surface area contributed by atoms with Gasteiger partial charge in [0.2, 0.25) is 0 Å². The quantitative estimate of drug-likeness (QED) is 0.768. The number of carbonyl (C=O) groups excluding carboxylic acids is 1. The summed E-state index contributed by atoms with van der Waals surface area (Å²) in [5.74, 6) is 0.419. The first-order valence-electron chi connectivity index (χ1n) is 5.37. The highest BCUT2D eigenvalue weighted by atomic mass is 32.1. The van der Waals surface area contributed by atoms with E-state index in [1.54, 1.807) is 11.3 Å². The molecule has 1 aliphatic carbocycles. The number of Topliss-reactive ketones (excluding diaryl/α,β-unsaturated/α-hetero) is 1. The number of rotatable bonds is 2. The molecule has 1 saturated carbocycles. The van der Waals surface area contributed by atoms with Gasteiger partial charge in [-0.1, -0.05) is 0 Å². The second-order valence-corrected chi connectivity index (χ2v) is 5.26. The Hall–Kier alpha value is -0.670. The Morgan fingerprint density at radius 3 is 2.47 bits per heavy atom. The van der Waals surface area contributed by atoms with Crippen molar-refractivity contribution in [1.82, 2.24) is 4.90 Å². The van der Waals surface area contributed by atoms with Gasteiger partial charge in [0.05, 0.1) is 0 Å². The number of nitrogens with zero attached hydrogens (tertiary/aromatic N) is 1. The molecule has 0 unspecified atom stereocenters. The molecule has 0 radical (unpaired) electrons. The maximum atomic E-state index is 11.3. The van der Waals surface area contributed by atoms with Crippen molar-refractivity contribution >= 4 is 17.1 Å². The minimum Gasteiger partial charge on any atom is -0.300 e. The topological polar surface area (TPSA) is 20.3 Å². The second kappa shape index (κ2) is 4.06. The predicted molar refractivity (Wildman–Crippen MR) is 63.2 cm³/mol. The molecule has 0 spiro atoms. The van der Waals surface area contributed by atoms with Crippen molar-refractivity contribution in [3.05, 3.63) is 22.4 Å². The Kier molecular flexibility index (Phi) is 2.94. The monoisotopic (exact) mass is 223 g/mol. The minimum absolute atomic E-state index is 0.105. The summed E-state index contributed by atoms with van der Waals surface area (Å²) in [5, 5.41) is 4.34. The molecule has 1 aliphatic rings. The van der Waals surface area contributed by atoms with E-state index < -0.39 is 0 Å². The zero-order valence-electron chi connectivity index (χ0n) is 9.32. The Morgan fingerprint density at radius 2 is 2.00 bits per heavy atom. The van der Waals surface area contributed by atoms with Crippen molar-refractivity contribution in [2.45, 2.75) is 31.2 Å². The first-order chi connectivity index (χ1) is 7.15. The van der Waals surface area contributed by atoms with Crippen molar-refractivity contribution in [3.63, 3.8) is 0 Å². The first kappa shape index (κ1) is 10.8. The third-order valence-corrected chi connectivity index (χ3v) is 4.23. The highest BCUT2D eigenvalue weighted by Crippen LogP contribution is 2.40. The van der Waals surface area contributed by atoms with E-state index in [-0.39, 0.29) is 5.54 Å².